The van der Waals surface area contributed by atoms with Crippen LogP contribution in [0, 0.1) is 5.41 Å². The summed E-state index contributed by atoms with van der Waals surface area (Å²) in [6.45, 7) is 6.63. The first-order valence-corrected chi connectivity index (χ1v) is 7.07. The van der Waals surface area contributed by atoms with Crippen molar-refractivity contribution in [2.75, 3.05) is 7.11 Å². The molecule has 2 aromatic rings. The SMILES string of the molecule is COC(=O)[C@@H](NCc1cccc2cccnc12)C(C)(C)C. The van der Waals surface area contributed by atoms with Gasteiger partial charge in [0.1, 0.15) is 6.04 Å². The number of nitrogens with zero attached hydrogens (tertiary/aromatic N) is 1. The second-order valence-corrected chi connectivity index (χ2v) is 6.20. The van der Waals surface area contributed by atoms with Gasteiger partial charge in [0.2, 0.25) is 0 Å². The second-order valence-electron chi connectivity index (χ2n) is 6.20. The topological polar surface area (TPSA) is 51.2 Å². The Morgan fingerprint density at radius 2 is 2.00 bits per heavy atom. The average Bonchev–Trinajstić information content (AvgIpc) is 2.46. The van der Waals surface area contributed by atoms with Crippen LogP contribution in [0.3, 0.4) is 0 Å². The Hall–Kier alpha value is -1.94. The summed E-state index contributed by atoms with van der Waals surface area (Å²) in [7, 11) is 1.42. The second kappa shape index (κ2) is 6.22. The standard InChI is InChI=1S/C17H22N2O2/c1-17(2,3)15(16(20)21-4)19-11-13-8-5-7-12-9-6-10-18-14(12)13/h5-10,15,19H,11H2,1-4H3/t15-/m1/s1. The number of carbonyl (C=O) groups is 1. The molecule has 0 radical (unpaired) electrons. The molecule has 0 bridgehead atoms. The number of ether oxygens (including phenoxy) is 1. The lowest BCUT2D eigenvalue weighted by atomic mass is 9.86. The maximum absolute atomic E-state index is 11.9. The summed E-state index contributed by atoms with van der Waals surface area (Å²) in [6.07, 6.45) is 1.79. The molecule has 0 amide bonds. The third-order valence-corrected chi connectivity index (χ3v) is 3.52. The lowest BCUT2D eigenvalue weighted by molar-refractivity contribution is -0.146. The summed E-state index contributed by atoms with van der Waals surface area (Å²) in [5, 5.41) is 4.40. The lowest BCUT2D eigenvalue weighted by Crippen LogP contribution is -2.46. The van der Waals surface area contributed by atoms with E-state index in [-0.39, 0.29) is 17.4 Å². The number of fused-ring (bicyclic) bond motifs is 1. The molecule has 4 nitrogen and oxygen atoms in total. The molecular formula is C17H22N2O2. The van der Waals surface area contributed by atoms with E-state index in [0.717, 1.165) is 16.5 Å². The summed E-state index contributed by atoms with van der Waals surface area (Å²) in [4.78, 5) is 16.4. The number of nitrogens with one attached hydrogen (secondary N) is 1. The van der Waals surface area contributed by atoms with Gasteiger partial charge in [-0.1, -0.05) is 45.0 Å². The van der Waals surface area contributed by atoms with Gasteiger partial charge in [-0.25, -0.2) is 0 Å². The van der Waals surface area contributed by atoms with Crippen molar-refractivity contribution in [3.8, 4) is 0 Å². The first-order valence-electron chi connectivity index (χ1n) is 7.07. The van der Waals surface area contributed by atoms with Gasteiger partial charge in [0.25, 0.3) is 0 Å². The number of benzene rings is 1. The molecular weight excluding hydrogens is 264 g/mol. The third-order valence-electron chi connectivity index (χ3n) is 3.52. The van der Waals surface area contributed by atoms with Crippen LogP contribution in [0.4, 0.5) is 0 Å². The summed E-state index contributed by atoms with van der Waals surface area (Å²) in [5.41, 5.74) is 1.82. The summed E-state index contributed by atoms with van der Waals surface area (Å²) >= 11 is 0. The molecule has 0 aliphatic heterocycles. The lowest BCUT2D eigenvalue weighted by Gasteiger charge is -2.29. The fourth-order valence-corrected chi connectivity index (χ4v) is 2.38. The van der Waals surface area contributed by atoms with Crippen LogP contribution in [0.1, 0.15) is 26.3 Å². The molecule has 0 fully saturated rings. The maximum Gasteiger partial charge on any atom is 0.323 e. The molecule has 1 heterocycles. The molecule has 0 aliphatic rings. The molecule has 0 unspecified atom stereocenters. The molecule has 0 saturated heterocycles. The van der Waals surface area contributed by atoms with E-state index in [2.05, 4.69) is 10.3 Å². The van der Waals surface area contributed by atoms with Gasteiger partial charge in [-0.2, -0.15) is 0 Å². The van der Waals surface area contributed by atoms with Crippen molar-refractivity contribution >= 4 is 16.9 Å². The van der Waals surface area contributed by atoms with Gasteiger partial charge in [0, 0.05) is 18.1 Å². The third kappa shape index (κ3) is 3.58. The molecule has 4 heteroatoms. The van der Waals surface area contributed by atoms with Gasteiger partial charge < -0.3 is 4.74 Å². The molecule has 112 valence electrons. The normalized spacial score (nSPS) is 13.1. The van der Waals surface area contributed by atoms with Gasteiger partial charge >= 0.3 is 5.97 Å². The van der Waals surface area contributed by atoms with Crippen LogP contribution in [0.2, 0.25) is 0 Å². The number of esters is 1. The highest BCUT2D eigenvalue weighted by atomic mass is 16.5. The summed E-state index contributed by atoms with van der Waals surface area (Å²) in [6, 6.07) is 9.67. The quantitative estimate of drug-likeness (QED) is 0.878. The minimum absolute atomic E-state index is 0.217. The molecule has 2 rings (SSSR count). The summed E-state index contributed by atoms with van der Waals surface area (Å²) in [5.74, 6) is -0.240. The van der Waals surface area contributed by atoms with Crippen molar-refractivity contribution in [3.05, 3.63) is 42.1 Å². The van der Waals surface area contributed by atoms with E-state index < -0.39 is 0 Å². The molecule has 1 N–H and O–H groups in total. The predicted octanol–water partition coefficient (Wildman–Crippen LogP) is 2.91. The summed E-state index contributed by atoms with van der Waals surface area (Å²) < 4.78 is 4.90. The fourth-order valence-electron chi connectivity index (χ4n) is 2.38. The van der Waals surface area contributed by atoms with Gasteiger partial charge in [-0.3, -0.25) is 15.1 Å². The predicted molar refractivity (Wildman–Crippen MR) is 83.8 cm³/mol. The first kappa shape index (κ1) is 15.4. The zero-order valence-electron chi connectivity index (χ0n) is 13.0. The van der Waals surface area contributed by atoms with Crippen LogP contribution >= 0.6 is 0 Å². The van der Waals surface area contributed by atoms with E-state index >= 15 is 0 Å². The Bertz CT molecular complexity index is 627. The van der Waals surface area contributed by atoms with Crippen LogP contribution in [-0.4, -0.2) is 24.1 Å². The Morgan fingerprint density at radius 3 is 2.67 bits per heavy atom. The molecule has 1 atom stereocenters. The Labute approximate surface area is 125 Å². The highest BCUT2D eigenvalue weighted by Gasteiger charge is 2.31. The number of methoxy groups -OCH3 is 1. The number of para-hydroxylation sites is 1. The van der Waals surface area contributed by atoms with Crippen LogP contribution < -0.4 is 5.32 Å². The number of pyridine rings is 1. The number of rotatable bonds is 4. The molecule has 1 aromatic heterocycles. The van der Waals surface area contributed by atoms with Crippen molar-refractivity contribution in [2.24, 2.45) is 5.41 Å². The van der Waals surface area contributed by atoms with Gasteiger partial charge in [-0.05, 0) is 17.0 Å². The van der Waals surface area contributed by atoms with Crippen LogP contribution in [0.5, 0.6) is 0 Å². The Kier molecular flexibility index (Phi) is 4.58. The van der Waals surface area contributed by atoms with E-state index in [1.165, 1.54) is 7.11 Å². The van der Waals surface area contributed by atoms with E-state index in [1.807, 2.05) is 51.1 Å². The highest BCUT2D eigenvalue weighted by molar-refractivity contribution is 5.81. The van der Waals surface area contributed by atoms with Crippen molar-refractivity contribution < 1.29 is 9.53 Å². The molecule has 0 spiro atoms. The fraction of sp³-hybridized carbons (Fsp3) is 0.412. The van der Waals surface area contributed by atoms with Gasteiger partial charge in [0.15, 0.2) is 0 Å². The smallest absolute Gasteiger partial charge is 0.323 e. The molecule has 1 aromatic carbocycles. The van der Waals surface area contributed by atoms with Crippen molar-refractivity contribution in [1.82, 2.24) is 10.3 Å². The van der Waals surface area contributed by atoms with Gasteiger partial charge in [0.05, 0.1) is 12.6 Å². The van der Waals surface area contributed by atoms with Crippen molar-refractivity contribution in [1.29, 1.82) is 0 Å². The van der Waals surface area contributed by atoms with Crippen molar-refractivity contribution in [2.45, 2.75) is 33.4 Å². The van der Waals surface area contributed by atoms with Crippen molar-refractivity contribution in [3.63, 3.8) is 0 Å². The zero-order chi connectivity index (χ0) is 15.5. The van der Waals surface area contributed by atoms with E-state index in [1.54, 1.807) is 6.20 Å². The Morgan fingerprint density at radius 1 is 1.29 bits per heavy atom. The zero-order valence-corrected chi connectivity index (χ0v) is 13.0. The molecule has 0 aliphatic carbocycles. The minimum Gasteiger partial charge on any atom is -0.468 e. The largest absolute Gasteiger partial charge is 0.468 e. The van der Waals surface area contributed by atoms with E-state index in [0.29, 0.717) is 6.54 Å². The minimum atomic E-state index is -0.360. The number of hydrogen-bond acceptors (Lipinski definition) is 4. The Balaban J connectivity index is 2.22. The van der Waals surface area contributed by atoms with Gasteiger partial charge in [-0.15, -0.1) is 0 Å². The highest BCUT2D eigenvalue weighted by Crippen LogP contribution is 2.22. The molecule has 0 saturated carbocycles. The first-order chi connectivity index (χ1) is 9.93. The monoisotopic (exact) mass is 286 g/mol. The van der Waals surface area contributed by atoms with E-state index in [9.17, 15) is 4.79 Å². The van der Waals surface area contributed by atoms with Crippen LogP contribution in [-0.2, 0) is 16.1 Å². The number of aromatic nitrogens is 1. The van der Waals surface area contributed by atoms with Crippen LogP contribution in [0.25, 0.3) is 10.9 Å². The maximum atomic E-state index is 11.9. The number of carbonyl (C=O) groups excluding carboxylic acids is 1. The van der Waals surface area contributed by atoms with E-state index in [4.69, 9.17) is 4.74 Å². The number of hydrogen-bond donors (Lipinski definition) is 1. The molecule has 21 heavy (non-hydrogen) atoms. The average molecular weight is 286 g/mol. The van der Waals surface area contributed by atoms with Crippen LogP contribution in [0.15, 0.2) is 36.5 Å².